The summed E-state index contributed by atoms with van der Waals surface area (Å²) in [7, 11) is 0. The van der Waals surface area contributed by atoms with Gasteiger partial charge in [-0.05, 0) is 37.7 Å². The number of aliphatic imine (C=N–C) groups is 1. The molecule has 0 aromatic heterocycles. The molecule has 2 heterocycles. The zero-order chi connectivity index (χ0) is 20.2. The number of hydrogen-bond donors (Lipinski definition) is 2. The maximum absolute atomic E-state index is 5.78. The van der Waals surface area contributed by atoms with Gasteiger partial charge >= 0.3 is 0 Å². The number of thioether (sulfide) groups is 1. The number of rotatable bonds is 10. The summed E-state index contributed by atoms with van der Waals surface area (Å²) in [4.78, 5) is 4.69. The molecule has 0 aliphatic carbocycles. The molecule has 2 aliphatic heterocycles. The van der Waals surface area contributed by atoms with Crippen LogP contribution in [0.25, 0.3) is 0 Å². The molecule has 0 spiro atoms. The standard InChI is InChI=1S/C21H33N3O4S.HI/c1-29-14-9-23-21(22-8-3-10-25-16-18-5-2-11-26-18)24-17-6-7-19-20(15-17)28-13-4-12-27-19;/h6-7,15,18H,2-5,8-14,16H2,1H3,(H2,22,23,24);1H. The Hall–Kier alpha value is -0.910. The molecule has 1 saturated heterocycles. The SMILES string of the molecule is CSCCNC(=NCCCOCC1CCCO1)Nc1ccc2c(c1)OCCCO2.I. The largest absolute Gasteiger partial charge is 0.490 e. The van der Waals surface area contributed by atoms with Gasteiger partial charge in [-0.25, -0.2) is 0 Å². The molecule has 0 radical (unpaired) electrons. The number of hydrogen-bond acceptors (Lipinski definition) is 6. The Morgan fingerprint density at radius 1 is 1.20 bits per heavy atom. The zero-order valence-electron chi connectivity index (χ0n) is 17.7. The van der Waals surface area contributed by atoms with Crippen LogP contribution in [0.3, 0.4) is 0 Å². The minimum absolute atomic E-state index is 0. The number of ether oxygens (including phenoxy) is 4. The monoisotopic (exact) mass is 551 g/mol. The molecule has 1 atom stereocenters. The molecule has 1 aromatic rings. The Morgan fingerprint density at radius 3 is 2.87 bits per heavy atom. The van der Waals surface area contributed by atoms with Crippen LogP contribution in [0.2, 0.25) is 0 Å². The topological polar surface area (TPSA) is 73.3 Å². The lowest BCUT2D eigenvalue weighted by Gasteiger charge is -2.14. The second-order valence-electron chi connectivity index (χ2n) is 7.05. The summed E-state index contributed by atoms with van der Waals surface area (Å²) in [6, 6.07) is 5.91. The van der Waals surface area contributed by atoms with Crippen LogP contribution in [0, 0.1) is 0 Å². The summed E-state index contributed by atoms with van der Waals surface area (Å²) in [5, 5.41) is 6.76. The zero-order valence-corrected chi connectivity index (χ0v) is 20.8. The quantitative estimate of drug-likeness (QED) is 0.199. The van der Waals surface area contributed by atoms with E-state index in [1.807, 2.05) is 18.2 Å². The summed E-state index contributed by atoms with van der Waals surface area (Å²) in [5.41, 5.74) is 0.930. The van der Waals surface area contributed by atoms with Gasteiger partial charge in [0.05, 0.1) is 25.9 Å². The highest BCUT2D eigenvalue weighted by atomic mass is 127. The van der Waals surface area contributed by atoms with Crippen molar-refractivity contribution < 1.29 is 18.9 Å². The number of anilines is 1. The predicted molar refractivity (Wildman–Crippen MR) is 134 cm³/mol. The van der Waals surface area contributed by atoms with Crippen LogP contribution < -0.4 is 20.1 Å². The van der Waals surface area contributed by atoms with Gasteiger partial charge in [-0.2, -0.15) is 11.8 Å². The van der Waals surface area contributed by atoms with Crippen molar-refractivity contribution in [2.24, 2.45) is 4.99 Å². The fourth-order valence-electron chi connectivity index (χ4n) is 3.14. The highest BCUT2D eigenvalue weighted by molar-refractivity contribution is 14.0. The molecular weight excluding hydrogens is 517 g/mol. The van der Waals surface area contributed by atoms with E-state index < -0.39 is 0 Å². The molecule has 9 heteroatoms. The van der Waals surface area contributed by atoms with Gasteiger partial charge < -0.3 is 29.6 Å². The van der Waals surface area contributed by atoms with Crippen molar-refractivity contribution in [3.63, 3.8) is 0 Å². The smallest absolute Gasteiger partial charge is 0.195 e. The fourth-order valence-corrected chi connectivity index (χ4v) is 3.44. The Kier molecular flexibility index (Phi) is 12.7. The van der Waals surface area contributed by atoms with Crippen molar-refractivity contribution in [3.05, 3.63) is 18.2 Å². The number of guanidine groups is 1. The van der Waals surface area contributed by atoms with Crippen LogP contribution in [0.1, 0.15) is 25.7 Å². The first-order chi connectivity index (χ1) is 14.3. The van der Waals surface area contributed by atoms with E-state index in [0.29, 0.717) is 33.0 Å². The molecule has 1 fully saturated rings. The number of fused-ring (bicyclic) bond motifs is 1. The number of nitrogens with one attached hydrogen (secondary N) is 2. The van der Waals surface area contributed by atoms with E-state index in [4.69, 9.17) is 23.9 Å². The van der Waals surface area contributed by atoms with E-state index in [1.165, 1.54) is 0 Å². The van der Waals surface area contributed by atoms with E-state index >= 15 is 0 Å². The van der Waals surface area contributed by atoms with Crippen molar-refractivity contribution >= 4 is 47.4 Å². The molecule has 2 N–H and O–H groups in total. The Balaban J connectivity index is 0.00000320. The molecule has 2 aliphatic rings. The maximum atomic E-state index is 5.78. The third-order valence-corrected chi connectivity index (χ3v) is 5.27. The normalized spacial score (nSPS) is 18.4. The van der Waals surface area contributed by atoms with Crippen molar-refractivity contribution in [2.75, 3.05) is 63.4 Å². The number of halogens is 1. The number of benzene rings is 1. The summed E-state index contributed by atoms with van der Waals surface area (Å²) in [6.45, 7) is 5.18. The fraction of sp³-hybridized carbons (Fsp3) is 0.667. The summed E-state index contributed by atoms with van der Waals surface area (Å²) >= 11 is 1.80. The van der Waals surface area contributed by atoms with Crippen molar-refractivity contribution in [1.29, 1.82) is 0 Å². The van der Waals surface area contributed by atoms with Crippen LogP contribution in [0.4, 0.5) is 5.69 Å². The van der Waals surface area contributed by atoms with Gasteiger partial charge in [0.2, 0.25) is 0 Å². The highest BCUT2D eigenvalue weighted by Gasteiger charge is 2.15. The third kappa shape index (κ3) is 9.07. The first-order valence-electron chi connectivity index (χ1n) is 10.5. The average Bonchev–Trinajstić information content (AvgIpc) is 3.14. The van der Waals surface area contributed by atoms with Crippen LogP contribution in [0.15, 0.2) is 23.2 Å². The maximum Gasteiger partial charge on any atom is 0.195 e. The molecule has 0 amide bonds. The summed E-state index contributed by atoms with van der Waals surface area (Å²) in [5.74, 6) is 3.36. The van der Waals surface area contributed by atoms with E-state index in [9.17, 15) is 0 Å². The first kappa shape index (κ1) is 25.4. The first-order valence-corrected chi connectivity index (χ1v) is 11.9. The van der Waals surface area contributed by atoms with Gasteiger partial charge in [0.25, 0.3) is 0 Å². The molecule has 3 rings (SSSR count). The minimum atomic E-state index is 0. The van der Waals surface area contributed by atoms with E-state index in [2.05, 4.69) is 16.9 Å². The Labute approximate surface area is 201 Å². The van der Waals surface area contributed by atoms with Crippen LogP contribution >= 0.6 is 35.7 Å². The average molecular weight is 551 g/mol. The van der Waals surface area contributed by atoms with Crippen molar-refractivity contribution in [3.8, 4) is 11.5 Å². The highest BCUT2D eigenvalue weighted by Crippen LogP contribution is 2.32. The van der Waals surface area contributed by atoms with E-state index in [-0.39, 0.29) is 30.1 Å². The van der Waals surface area contributed by atoms with Crippen molar-refractivity contribution in [2.45, 2.75) is 31.8 Å². The van der Waals surface area contributed by atoms with Gasteiger partial charge in [-0.1, -0.05) is 0 Å². The van der Waals surface area contributed by atoms with Gasteiger partial charge in [0.15, 0.2) is 17.5 Å². The minimum Gasteiger partial charge on any atom is -0.490 e. The predicted octanol–water partition coefficient (Wildman–Crippen LogP) is 3.77. The molecule has 170 valence electrons. The molecule has 7 nitrogen and oxygen atoms in total. The molecule has 0 bridgehead atoms. The summed E-state index contributed by atoms with van der Waals surface area (Å²) in [6.07, 6.45) is 6.42. The lowest BCUT2D eigenvalue weighted by atomic mass is 10.2. The van der Waals surface area contributed by atoms with Gasteiger partial charge in [-0.3, -0.25) is 4.99 Å². The molecule has 30 heavy (non-hydrogen) atoms. The van der Waals surface area contributed by atoms with Gasteiger partial charge in [0.1, 0.15) is 0 Å². The Bertz CT molecular complexity index is 645. The molecule has 1 unspecified atom stereocenters. The molecule has 1 aromatic carbocycles. The van der Waals surface area contributed by atoms with Crippen LogP contribution in [-0.4, -0.2) is 70.2 Å². The third-order valence-electron chi connectivity index (χ3n) is 4.65. The van der Waals surface area contributed by atoms with E-state index in [0.717, 1.165) is 67.7 Å². The lowest BCUT2D eigenvalue weighted by Crippen LogP contribution is -2.32. The lowest BCUT2D eigenvalue weighted by molar-refractivity contribution is 0.0171. The van der Waals surface area contributed by atoms with Crippen LogP contribution in [0.5, 0.6) is 11.5 Å². The van der Waals surface area contributed by atoms with Gasteiger partial charge in [0, 0.05) is 50.2 Å². The second kappa shape index (κ2) is 15.0. The van der Waals surface area contributed by atoms with E-state index in [1.54, 1.807) is 11.8 Å². The molecular formula is C21H34IN3O4S. The Morgan fingerprint density at radius 2 is 2.07 bits per heavy atom. The van der Waals surface area contributed by atoms with Crippen LogP contribution in [-0.2, 0) is 9.47 Å². The number of nitrogens with zero attached hydrogens (tertiary/aromatic N) is 1. The van der Waals surface area contributed by atoms with Gasteiger partial charge in [-0.15, -0.1) is 24.0 Å². The second-order valence-corrected chi connectivity index (χ2v) is 8.04. The molecule has 0 saturated carbocycles. The van der Waals surface area contributed by atoms with Crippen molar-refractivity contribution in [1.82, 2.24) is 5.32 Å². The summed E-state index contributed by atoms with van der Waals surface area (Å²) < 4.78 is 22.8.